The first-order valence-corrected chi connectivity index (χ1v) is 26.4. The van der Waals surface area contributed by atoms with Crippen molar-refractivity contribution in [3.05, 3.63) is 77.7 Å². The Morgan fingerprint density at radius 2 is 1.84 bits per heavy atom. The number of allylic oxidation sites excluding steroid dienone is 2. The number of carbonyl (C=O) groups is 3. The second-order valence-corrected chi connectivity index (χ2v) is 23.2. The molecule has 2 bridgehead atoms. The smallest absolute Gasteiger partial charge is 0.226 e. The van der Waals surface area contributed by atoms with E-state index in [1.54, 1.807) is 12.0 Å². The maximum absolute atomic E-state index is 15.1. The van der Waals surface area contributed by atoms with Gasteiger partial charge in [-0.15, -0.1) is 11.3 Å². The van der Waals surface area contributed by atoms with Gasteiger partial charge in [0.05, 0.1) is 42.2 Å². The molecule has 2 N–H and O–H groups in total. The summed E-state index contributed by atoms with van der Waals surface area (Å²) in [4.78, 5) is 67.6. The molecule has 1 saturated heterocycles. The Morgan fingerprint density at radius 1 is 1.00 bits per heavy atom. The number of nitrogens with one attached hydrogen (secondary N) is 1. The highest BCUT2D eigenvalue weighted by molar-refractivity contribution is 7.59. The molecular weight excluding hydrogens is 844 g/mol. The van der Waals surface area contributed by atoms with Crippen LogP contribution in [-0.4, -0.2) is 74.2 Å². The third-order valence-electron chi connectivity index (χ3n) is 14.9. The molecule has 5 unspecified atom stereocenters. The van der Waals surface area contributed by atoms with Gasteiger partial charge in [-0.25, -0.2) is 9.97 Å². The minimum Gasteiger partial charge on any atom is -0.497 e. The van der Waals surface area contributed by atoms with Crippen LogP contribution >= 0.6 is 18.7 Å². The standard InChI is InChI=1S/C51H63N4O7PS/c1-32(2)52-50-54-45(31-64-50)44-26-48(42-19-18-40(61-3)24-43(42)53-44)62-41-25-46-47(57)28-51(63(59,60)30-33-12-8-7-9-13-33)27-38(51)15-11-6-4-5-10-14-36(49(58)55(46)29-41)22-39(56)23-37-21-34-16-17-35(37)20-34/h7-9,11-13,15,18-19,24,26,31-32,34-38,41,46H,4-6,10,14,16-17,20-23,25,27-30H2,1-3H3,(H,52,54)(H,59,60)/b15-11-/t34?,35?,36?,37?,38-,41+,46-,51+/m0/s1. The number of ether oxygens (including phenoxy) is 2. The molecule has 3 saturated carbocycles. The molecule has 340 valence electrons. The molecule has 9 rings (SSSR count). The van der Waals surface area contributed by atoms with E-state index in [4.69, 9.17) is 19.4 Å². The number of aromatic nitrogens is 2. The molecule has 0 spiro atoms. The molecule has 1 amide bonds. The summed E-state index contributed by atoms with van der Waals surface area (Å²) in [5.41, 5.74) is 2.72. The third kappa shape index (κ3) is 9.61. The van der Waals surface area contributed by atoms with Crippen LogP contribution < -0.4 is 14.8 Å². The van der Waals surface area contributed by atoms with E-state index in [0.29, 0.717) is 59.5 Å². The van der Waals surface area contributed by atoms with E-state index in [1.807, 2.05) is 60.0 Å². The van der Waals surface area contributed by atoms with Gasteiger partial charge in [0.25, 0.3) is 0 Å². The molecule has 4 fully saturated rings. The molecule has 5 aliphatic rings. The highest BCUT2D eigenvalue weighted by atomic mass is 32.1. The highest BCUT2D eigenvalue weighted by Gasteiger charge is 2.65. The Balaban J connectivity index is 1.04. The number of hydrogen-bond acceptors (Lipinski definition) is 10. The quantitative estimate of drug-likeness (QED) is 0.0981. The van der Waals surface area contributed by atoms with E-state index >= 15 is 9.59 Å². The van der Waals surface area contributed by atoms with Crippen LogP contribution in [0.25, 0.3) is 22.3 Å². The summed E-state index contributed by atoms with van der Waals surface area (Å²) in [6.45, 7) is 4.27. The lowest BCUT2D eigenvalue weighted by molar-refractivity contribution is -0.143. The van der Waals surface area contributed by atoms with Crippen molar-refractivity contribution < 1.29 is 33.3 Å². The number of fused-ring (bicyclic) bond motifs is 5. The van der Waals surface area contributed by atoms with Crippen molar-refractivity contribution in [3.63, 3.8) is 0 Å². The van der Waals surface area contributed by atoms with Gasteiger partial charge in [-0.2, -0.15) is 0 Å². The largest absolute Gasteiger partial charge is 0.497 e. The van der Waals surface area contributed by atoms with Gasteiger partial charge in [0.15, 0.2) is 10.9 Å². The van der Waals surface area contributed by atoms with E-state index < -0.39 is 30.6 Å². The van der Waals surface area contributed by atoms with Crippen molar-refractivity contribution in [1.82, 2.24) is 14.9 Å². The van der Waals surface area contributed by atoms with Crippen LogP contribution in [0.15, 0.2) is 72.1 Å². The number of hydrogen-bond donors (Lipinski definition) is 2. The van der Waals surface area contributed by atoms with Crippen LogP contribution in [0.3, 0.4) is 0 Å². The summed E-state index contributed by atoms with van der Waals surface area (Å²) in [5, 5.41) is 5.74. The van der Waals surface area contributed by atoms with Crippen molar-refractivity contribution >= 4 is 52.2 Å². The molecule has 2 aromatic carbocycles. The molecule has 64 heavy (non-hydrogen) atoms. The minimum absolute atomic E-state index is 0.0203. The number of ketones is 2. The van der Waals surface area contributed by atoms with Crippen LogP contribution in [0, 0.1) is 29.6 Å². The fourth-order valence-electron chi connectivity index (χ4n) is 11.5. The van der Waals surface area contributed by atoms with Crippen molar-refractivity contribution in [3.8, 4) is 22.9 Å². The fraction of sp³-hybridized carbons (Fsp3) is 0.549. The third-order valence-corrected chi connectivity index (χ3v) is 18.5. The number of pyridine rings is 1. The number of rotatable bonds is 13. The number of Topliss-reactive ketones (excluding diaryl/α,β-unsaturated/α-hetero) is 2. The Bertz CT molecular complexity index is 2440. The lowest BCUT2D eigenvalue weighted by Gasteiger charge is -2.30. The van der Waals surface area contributed by atoms with Gasteiger partial charge in [0.2, 0.25) is 13.3 Å². The lowest BCUT2D eigenvalue weighted by Crippen LogP contribution is -2.45. The SMILES string of the molecule is COc1ccc2c(O[C@@H]3C[C@H]4C(=O)C[C@]5(P(=O)(O)Cc6ccccc6)C[C@@H]5/C=C\CCCCCC(CC(=O)CC5CC6CCC5C6)C(=O)N4C3)cc(-c3csc(NC(C)C)n3)nc2c1. The van der Waals surface area contributed by atoms with Gasteiger partial charge in [0.1, 0.15) is 29.1 Å². The summed E-state index contributed by atoms with van der Waals surface area (Å²) < 4.78 is 27.1. The first-order chi connectivity index (χ1) is 30.9. The predicted molar refractivity (Wildman–Crippen MR) is 252 cm³/mol. The summed E-state index contributed by atoms with van der Waals surface area (Å²) in [5.74, 6) is 1.92. The second kappa shape index (κ2) is 18.8. The Labute approximate surface area is 381 Å². The lowest BCUT2D eigenvalue weighted by atomic mass is 9.83. The maximum Gasteiger partial charge on any atom is 0.226 e. The topological polar surface area (TPSA) is 148 Å². The molecular formula is C51H63N4O7PS. The van der Waals surface area contributed by atoms with Gasteiger partial charge in [-0.3, -0.25) is 18.9 Å². The monoisotopic (exact) mass is 906 g/mol. The summed E-state index contributed by atoms with van der Waals surface area (Å²) >= 11 is 1.50. The highest BCUT2D eigenvalue weighted by Crippen LogP contribution is 2.74. The van der Waals surface area contributed by atoms with Crippen LogP contribution in [0.2, 0.25) is 0 Å². The number of carbonyl (C=O) groups excluding carboxylic acids is 3. The number of benzene rings is 2. The molecule has 4 aromatic rings. The number of nitrogens with zero attached hydrogens (tertiary/aromatic N) is 3. The first-order valence-electron chi connectivity index (χ1n) is 23.6. The predicted octanol–water partition coefficient (Wildman–Crippen LogP) is 10.6. The van der Waals surface area contributed by atoms with Gasteiger partial charge < -0.3 is 24.6 Å². The summed E-state index contributed by atoms with van der Waals surface area (Å²) in [6, 6.07) is 16.2. The molecule has 13 heteroatoms. The molecule has 11 nitrogen and oxygen atoms in total. The van der Waals surface area contributed by atoms with E-state index in [0.717, 1.165) is 54.1 Å². The zero-order valence-electron chi connectivity index (χ0n) is 37.5. The van der Waals surface area contributed by atoms with Crippen molar-refractivity contribution in [2.24, 2.45) is 29.6 Å². The number of anilines is 1. The number of thiazole rings is 1. The Kier molecular flexibility index (Phi) is 13.2. The normalized spacial score (nSPS) is 29.7. The maximum atomic E-state index is 15.1. The molecule has 2 aromatic heterocycles. The van der Waals surface area contributed by atoms with Crippen molar-refractivity contribution in [2.45, 2.75) is 133 Å². The van der Waals surface area contributed by atoms with Gasteiger partial charge in [0, 0.05) is 60.5 Å². The summed E-state index contributed by atoms with van der Waals surface area (Å²) in [7, 11) is -2.31. The molecule has 0 radical (unpaired) electrons. The van der Waals surface area contributed by atoms with Gasteiger partial charge in [-0.05, 0) is 100 Å². The van der Waals surface area contributed by atoms with Crippen molar-refractivity contribution in [1.29, 1.82) is 0 Å². The average molecular weight is 907 g/mol. The van der Waals surface area contributed by atoms with Crippen LogP contribution in [-0.2, 0) is 25.1 Å². The van der Waals surface area contributed by atoms with Crippen LogP contribution in [0.4, 0.5) is 5.13 Å². The van der Waals surface area contributed by atoms with E-state index in [1.165, 1.54) is 30.6 Å². The van der Waals surface area contributed by atoms with E-state index in [9.17, 15) is 14.3 Å². The molecule has 9 atom stereocenters. The van der Waals surface area contributed by atoms with Crippen molar-refractivity contribution in [2.75, 3.05) is 19.0 Å². The Morgan fingerprint density at radius 3 is 2.61 bits per heavy atom. The first kappa shape index (κ1) is 44.8. The summed E-state index contributed by atoms with van der Waals surface area (Å²) in [6.07, 6.45) is 13.7. The molecule has 4 heterocycles. The van der Waals surface area contributed by atoms with E-state index in [-0.39, 0.29) is 61.4 Å². The number of methoxy groups -OCH3 is 1. The molecule has 2 aliphatic heterocycles. The van der Waals surface area contributed by atoms with Crippen LogP contribution in [0.5, 0.6) is 11.5 Å². The number of amides is 1. The van der Waals surface area contributed by atoms with Crippen LogP contribution in [0.1, 0.15) is 109 Å². The molecule has 3 aliphatic carbocycles. The average Bonchev–Trinajstić information content (AvgIpc) is 3.80. The zero-order valence-corrected chi connectivity index (χ0v) is 39.2. The fourth-order valence-corrected chi connectivity index (χ4v) is 14.8. The zero-order chi connectivity index (χ0) is 44.6. The van der Waals surface area contributed by atoms with E-state index in [2.05, 4.69) is 31.3 Å². The Hall–Kier alpha value is -4.38. The minimum atomic E-state index is -3.92. The van der Waals surface area contributed by atoms with Gasteiger partial charge in [-0.1, -0.05) is 61.7 Å². The second-order valence-electron chi connectivity index (χ2n) is 19.8. The van der Waals surface area contributed by atoms with Gasteiger partial charge >= 0.3 is 0 Å².